The van der Waals surface area contributed by atoms with Gasteiger partial charge in [0.25, 0.3) is 0 Å². The fourth-order valence-electron chi connectivity index (χ4n) is 9.67. The van der Waals surface area contributed by atoms with Gasteiger partial charge in [-0.3, -0.25) is 4.79 Å². The number of hydrogen-bond acceptors (Lipinski definition) is 4. The molecule has 3 atom stereocenters. The molecule has 0 bridgehead atoms. The Labute approximate surface area is 413 Å². The van der Waals surface area contributed by atoms with E-state index in [0.29, 0.717) is 12.8 Å². The van der Waals surface area contributed by atoms with Gasteiger partial charge in [-0.05, 0) is 44.9 Å². The molecule has 0 aromatic heterocycles. The van der Waals surface area contributed by atoms with Crippen LogP contribution >= 0.6 is 0 Å². The Morgan fingerprint density at radius 2 is 0.652 bits per heavy atom. The fraction of sp³-hybridized carbons (Fsp3) is 0.918. The molecule has 3 unspecified atom stereocenters. The number of amides is 1. The number of nitrogens with one attached hydrogen (secondary N) is 1. The van der Waals surface area contributed by atoms with E-state index in [1.165, 1.54) is 270 Å². The lowest BCUT2D eigenvalue weighted by molar-refractivity contribution is -0.124. The molecule has 5 nitrogen and oxygen atoms in total. The largest absolute Gasteiger partial charge is 0.394 e. The van der Waals surface area contributed by atoms with Crippen LogP contribution in [0.1, 0.15) is 335 Å². The number of allylic oxidation sites excluding steroid dienone is 4. The van der Waals surface area contributed by atoms with Gasteiger partial charge < -0.3 is 20.6 Å². The van der Waals surface area contributed by atoms with Crippen LogP contribution in [0.2, 0.25) is 0 Å². The minimum Gasteiger partial charge on any atom is -0.394 e. The summed E-state index contributed by atoms with van der Waals surface area (Å²) in [6, 6.07) is -0.809. The first-order valence-corrected chi connectivity index (χ1v) is 30.1. The maximum Gasteiger partial charge on any atom is 0.220 e. The summed E-state index contributed by atoms with van der Waals surface area (Å²) in [5.41, 5.74) is 0. The summed E-state index contributed by atoms with van der Waals surface area (Å²) in [5.74, 6) is -0.139. The predicted molar refractivity (Wildman–Crippen MR) is 292 cm³/mol. The van der Waals surface area contributed by atoms with Crippen molar-refractivity contribution in [3.05, 3.63) is 24.3 Å². The Morgan fingerprint density at radius 3 is 0.955 bits per heavy atom. The summed E-state index contributed by atoms with van der Waals surface area (Å²) in [6.45, 7) is 4.22. The molecule has 0 saturated heterocycles. The van der Waals surface area contributed by atoms with Crippen molar-refractivity contribution < 1.29 is 20.1 Å². The second-order valence-corrected chi connectivity index (χ2v) is 20.9. The lowest BCUT2D eigenvalue weighted by atomic mass is 9.99. The van der Waals surface area contributed by atoms with E-state index in [1.807, 2.05) is 0 Å². The van der Waals surface area contributed by atoms with E-state index >= 15 is 0 Å². The topological polar surface area (TPSA) is 89.8 Å². The molecule has 0 rings (SSSR count). The summed E-state index contributed by atoms with van der Waals surface area (Å²) in [6.07, 6.45) is 72.0. The van der Waals surface area contributed by atoms with Crippen molar-refractivity contribution in [1.82, 2.24) is 5.32 Å². The van der Waals surface area contributed by atoms with Crippen molar-refractivity contribution in [3.63, 3.8) is 0 Å². The van der Waals surface area contributed by atoms with Crippen molar-refractivity contribution in [2.24, 2.45) is 0 Å². The Balaban J connectivity index is 3.50. The number of hydrogen-bond donors (Lipinski definition) is 4. The van der Waals surface area contributed by atoms with Crippen molar-refractivity contribution in [1.29, 1.82) is 0 Å². The third-order valence-corrected chi connectivity index (χ3v) is 14.3. The van der Waals surface area contributed by atoms with Gasteiger partial charge >= 0.3 is 0 Å². The molecule has 0 fully saturated rings. The van der Waals surface area contributed by atoms with E-state index in [-0.39, 0.29) is 12.5 Å². The Morgan fingerprint density at radius 1 is 0.379 bits per heavy atom. The molecule has 0 saturated carbocycles. The summed E-state index contributed by atoms with van der Waals surface area (Å²) in [7, 11) is 0. The molecule has 4 N–H and O–H groups in total. The zero-order valence-corrected chi connectivity index (χ0v) is 44.9. The van der Waals surface area contributed by atoms with E-state index in [2.05, 4.69) is 43.5 Å². The first-order chi connectivity index (χ1) is 32.6. The second kappa shape index (κ2) is 56.4. The normalized spacial score (nSPS) is 13.3. The van der Waals surface area contributed by atoms with Gasteiger partial charge in [0.15, 0.2) is 0 Å². The van der Waals surface area contributed by atoms with Crippen molar-refractivity contribution in [2.75, 3.05) is 6.61 Å². The third-order valence-electron chi connectivity index (χ3n) is 14.3. The van der Waals surface area contributed by atoms with Crippen LogP contribution in [0.15, 0.2) is 24.3 Å². The molecule has 392 valence electrons. The molecule has 0 aromatic rings. The summed E-state index contributed by atoms with van der Waals surface area (Å²) >= 11 is 0. The molecule has 5 heteroatoms. The highest BCUT2D eigenvalue weighted by molar-refractivity contribution is 5.76. The van der Waals surface area contributed by atoms with E-state index in [4.69, 9.17) is 0 Å². The highest BCUT2D eigenvalue weighted by Gasteiger charge is 2.26. The summed E-state index contributed by atoms with van der Waals surface area (Å²) in [4.78, 5) is 12.5. The summed E-state index contributed by atoms with van der Waals surface area (Å²) < 4.78 is 0. The first kappa shape index (κ1) is 64.8. The highest BCUT2D eigenvalue weighted by atomic mass is 16.3. The van der Waals surface area contributed by atoms with Crippen molar-refractivity contribution in [2.45, 2.75) is 353 Å². The molecule has 0 heterocycles. The van der Waals surface area contributed by atoms with Crippen LogP contribution in [0.4, 0.5) is 0 Å². The zero-order valence-electron chi connectivity index (χ0n) is 44.9. The van der Waals surface area contributed by atoms with Gasteiger partial charge in [-0.2, -0.15) is 0 Å². The van der Waals surface area contributed by atoms with Gasteiger partial charge in [-0.25, -0.2) is 0 Å². The van der Waals surface area contributed by atoms with Crippen LogP contribution in [0, 0.1) is 0 Å². The van der Waals surface area contributed by atoms with Gasteiger partial charge in [-0.15, -0.1) is 0 Å². The average Bonchev–Trinajstić information content (AvgIpc) is 3.32. The third kappa shape index (κ3) is 50.7. The van der Waals surface area contributed by atoms with Crippen LogP contribution in [0.25, 0.3) is 0 Å². The van der Waals surface area contributed by atoms with Crippen LogP contribution in [-0.4, -0.2) is 46.1 Å². The maximum absolute atomic E-state index is 12.5. The molecular weight excluding hydrogens is 811 g/mol. The fourth-order valence-corrected chi connectivity index (χ4v) is 9.67. The lowest BCUT2D eigenvalue weighted by Crippen LogP contribution is -2.50. The SMILES string of the molecule is CCCCCCCCCCC/C=C\C/C=C\CCCCCCCCCCCCCCCCCC(=O)NC(CO)C(O)C(O)CCCCCCCCCCCCCCCCCCCCCCC. The molecule has 0 aliphatic heterocycles. The number of rotatable bonds is 56. The van der Waals surface area contributed by atoms with E-state index in [0.717, 1.165) is 38.5 Å². The van der Waals surface area contributed by atoms with Crippen LogP contribution in [0.3, 0.4) is 0 Å². The average molecular weight is 931 g/mol. The standard InChI is InChI=1S/C61H119NO4/c1-3-5-7-9-11-13-15-17-19-21-23-25-26-27-28-29-30-31-32-33-34-36-38-40-42-44-46-48-50-52-54-56-60(65)62-58(57-63)61(66)59(64)55-53-51-49-47-45-43-41-39-37-35-24-22-20-18-16-14-12-10-8-6-4-2/h23,25,27-28,58-59,61,63-64,66H,3-22,24,26,29-57H2,1-2H3,(H,62,65)/b25-23-,28-27-. The Kier molecular flexibility index (Phi) is 55.4. The minimum absolute atomic E-state index is 0.139. The van der Waals surface area contributed by atoms with E-state index in [9.17, 15) is 20.1 Å². The molecule has 0 aliphatic carbocycles. The Bertz CT molecular complexity index is 982. The molecular formula is C61H119NO4. The predicted octanol–water partition coefficient (Wildman–Crippen LogP) is 18.8. The maximum atomic E-state index is 12.5. The molecule has 0 aliphatic rings. The number of unbranched alkanes of at least 4 members (excludes halogenated alkanes) is 44. The van der Waals surface area contributed by atoms with E-state index in [1.54, 1.807) is 0 Å². The zero-order chi connectivity index (χ0) is 47.9. The van der Waals surface area contributed by atoms with Gasteiger partial charge in [0, 0.05) is 6.42 Å². The number of carbonyl (C=O) groups is 1. The lowest BCUT2D eigenvalue weighted by Gasteiger charge is -2.26. The highest BCUT2D eigenvalue weighted by Crippen LogP contribution is 2.18. The molecule has 1 amide bonds. The number of carbonyl (C=O) groups excluding carboxylic acids is 1. The summed E-state index contributed by atoms with van der Waals surface area (Å²) in [5, 5.41) is 33.8. The monoisotopic (exact) mass is 930 g/mol. The van der Waals surface area contributed by atoms with Gasteiger partial charge in [-0.1, -0.05) is 308 Å². The van der Waals surface area contributed by atoms with Crippen LogP contribution in [0.5, 0.6) is 0 Å². The first-order valence-electron chi connectivity index (χ1n) is 30.1. The molecule has 0 spiro atoms. The molecule has 0 aromatic carbocycles. The van der Waals surface area contributed by atoms with Crippen LogP contribution in [-0.2, 0) is 4.79 Å². The van der Waals surface area contributed by atoms with Gasteiger partial charge in [0.1, 0.15) is 6.10 Å². The smallest absolute Gasteiger partial charge is 0.220 e. The van der Waals surface area contributed by atoms with Gasteiger partial charge in [0.2, 0.25) is 5.91 Å². The molecule has 66 heavy (non-hydrogen) atoms. The van der Waals surface area contributed by atoms with Crippen molar-refractivity contribution in [3.8, 4) is 0 Å². The second-order valence-electron chi connectivity index (χ2n) is 20.9. The minimum atomic E-state index is -1.14. The Hall–Kier alpha value is -1.17. The van der Waals surface area contributed by atoms with Crippen LogP contribution < -0.4 is 5.32 Å². The number of aliphatic hydroxyl groups excluding tert-OH is 3. The molecule has 0 radical (unpaired) electrons. The quantitative estimate of drug-likeness (QED) is 0.0361. The van der Waals surface area contributed by atoms with E-state index < -0.39 is 18.2 Å². The van der Waals surface area contributed by atoms with Crippen molar-refractivity contribution >= 4 is 5.91 Å². The number of aliphatic hydroxyl groups is 3. The van der Waals surface area contributed by atoms with Gasteiger partial charge in [0.05, 0.1) is 18.8 Å².